The Hall–Kier alpha value is -2.28. The first-order valence-electron chi connectivity index (χ1n) is 8.81. The first-order chi connectivity index (χ1) is 12.4. The van der Waals surface area contributed by atoms with Crippen LogP contribution in [0.1, 0.15) is 53.6 Å². The molecule has 1 aromatic heterocycles. The number of hydrogen-bond acceptors (Lipinski definition) is 3. The summed E-state index contributed by atoms with van der Waals surface area (Å²) in [6, 6.07) is 2.87. The van der Waals surface area contributed by atoms with Gasteiger partial charge in [-0.2, -0.15) is 0 Å². The lowest BCUT2D eigenvalue weighted by atomic mass is 9.95. The van der Waals surface area contributed by atoms with E-state index < -0.39 is 17.5 Å². The van der Waals surface area contributed by atoms with Crippen LogP contribution in [-0.4, -0.2) is 45.2 Å². The highest BCUT2D eigenvalue weighted by Gasteiger charge is 2.29. The van der Waals surface area contributed by atoms with Crippen LogP contribution in [-0.2, 0) is 0 Å². The number of hydrogen-bond donors (Lipinski definition) is 1. The van der Waals surface area contributed by atoms with E-state index in [9.17, 15) is 18.7 Å². The van der Waals surface area contributed by atoms with Gasteiger partial charge in [0.2, 0.25) is 0 Å². The van der Waals surface area contributed by atoms with Crippen molar-refractivity contribution >= 4 is 5.91 Å². The molecule has 2 aromatic rings. The van der Waals surface area contributed by atoms with Crippen molar-refractivity contribution in [1.82, 2.24) is 14.5 Å². The van der Waals surface area contributed by atoms with E-state index in [1.165, 1.54) is 0 Å². The van der Waals surface area contributed by atoms with Crippen molar-refractivity contribution in [2.24, 2.45) is 0 Å². The second-order valence-corrected chi connectivity index (χ2v) is 6.85. The van der Waals surface area contributed by atoms with Gasteiger partial charge in [-0.3, -0.25) is 4.79 Å². The number of carbonyl (C=O) groups is 1. The molecule has 0 bridgehead atoms. The molecule has 1 saturated heterocycles. The Morgan fingerprint density at radius 3 is 2.69 bits per heavy atom. The number of carbonyl (C=O) groups excluding carboxylic acids is 1. The van der Waals surface area contributed by atoms with Gasteiger partial charge < -0.3 is 14.6 Å². The second kappa shape index (κ2) is 7.53. The maximum atomic E-state index is 13.8. The molecule has 1 N–H and O–H groups in total. The minimum absolute atomic E-state index is 0.0282. The summed E-state index contributed by atoms with van der Waals surface area (Å²) in [6.07, 6.45) is 3.18. The van der Waals surface area contributed by atoms with Gasteiger partial charge in [-0.15, -0.1) is 0 Å². The van der Waals surface area contributed by atoms with E-state index in [2.05, 4.69) is 4.98 Å². The molecule has 0 spiro atoms. The summed E-state index contributed by atoms with van der Waals surface area (Å²) >= 11 is 0. The molecule has 26 heavy (non-hydrogen) atoms. The van der Waals surface area contributed by atoms with Crippen LogP contribution in [0.25, 0.3) is 0 Å². The summed E-state index contributed by atoms with van der Waals surface area (Å²) in [5.74, 6) is -0.738. The Morgan fingerprint density at radius 1 is 1.35 bits per heavy atom. The molecule has 1 fully saturated rings. The zero-order valence-electron chi connectivity index (χ0n) is 15.0. The Balaban J connectivity index is 1.72. The van der Waals surface area contributed by atoms with Gasteiger partial charge >= 0.3 is 0 Å². The van der Waals surface area contributed by atoms with Crippen molar-refractivity contribution in [3.8, 4) is 0 Å². The monoisotopic (exact) mass is 363 g/mol. The van der Waals surface area contributed by atoms with Crippen LogP contribution < -0.4 is 0 Å². The summed E-state index contributed by atoms with van der Waals surface area (Å²) < 4.78 is 29.2. The van der Waals surface area contributed by atoms with Crippen molar-refractivity contribution in [3.63, 3.8) is 0 Å². The van der Waals surface area contributed by atoms with Crippen molar-refractivity contribution in [1.29, 1.82) is 0 Å². The molecule has 0 unspecified atom stereocenters. The Kier molecular flexibility index (Phi) is 5.36. The Labute approximate surface area is 151 Å². The summed E-state index contributed by atoms with van der Waals surface area (Å²) in [5.41, 5.74) is 0.761. The molecule has 1 amide bonds. The Bertz CT molecular complexity index is 798. The fraction of sp³-hybridized carbons (Fsp3) is 0.474. The Morgan fingerprint density at radius 2 is 2.04 bits per heavy atom. The van der Waals surface area contributed by atoms with Crippen molar-refractivity contribution < 1.29 is 18.7 Å². The van der Waals surface area contributed by atoms with Gasteiger partial charge in [0.1, 0.15) is 17.5 Å². The molecule has 140 valence electrons. The zero-order valence-corrected chi connectivity index (χ0v) is 15.0. The lowest BCUT2D eigenvalue weighted by Crippen LogP contribution is -2.39. The number of rotatable bonds is 4. The fourth-order valence-electron chi connectivity index (χ4n) is 3.59. The van der Waals surface area contributed by atoms with E-state index in [1.807, 2.05) is 18.4 Å². The van der Waals surface area contributed by atoms with Crippen molar-refractivity contribution in [2.45, 2.75) is 38.6 Å². The molecule has 0 aliphatic carbocycles. The van der Waals surface area contributed by atoms with E-state index in [-0.39, 0.29) is 24.1 Å². The van der Waals surface area contributed by atoms with Crippen LogP contribution in [0.4, 0.5) is 8.78 Å². The highest BCUT2D eigenvalue weighted by atomic mass is 19.1. The van der Waals surface area contributed by atoms with E-state index in [4.69, 9.17) is 0 Å². The molecule has 0 saturated carbocycles. The van der Waals surface area contributed by atoms with E-state index >= 15 is 0 Å². The number of aromatic nitrogens is 2. The molecule has 1 aliphatic rings. The molecule has 5 nitrogen and oxygen atoms in total. The number of likely N-dealkylation sites (tertiary alicyclic amines) is 1. The topological polar surface area (TPSA) is 58.4 Å². The SMILES string of the molecule is Cc1cnc(C2CCN(C(=O)c3cc(F)ccc3F)CC2)n1[C@H](C)CO. The molecule has 3 rings (SSSR count). The number of halogens is 2. The molecule has 1 aliphatic heterocycles. The van der Waals surface area contributed by atoms with E-state index in [0.29, 0.717) is 25.9 Å². The van der Waals surface area contributed by atoms with E-state index in [0.717, 1.165) is 29.7 Å². The van der Waals surface area contributed by atoms with Gasteiger partial charge in [-0.1, -0.05) is 0 Å². The number of imidazole rings is 1. The number of amides is 1. The first kappa shape index (κ1) is 18.5. The molecule has 1 atom stereocenters. The largest absolute Gasteiger partial charge is 0.394 e. The third kappa shape index (κ3) is 3.49. The highest BCUT2D eigenvalue weighted by Crippen LogP contribution is 2.30. The minimum atomic E-state index is -0.707. The van der Waals surface area contributed by atoms with Crippen LogP contribution >= 0.6 is 0 Å². The number of piperidine rings is 1. The number of benzene rings is 1. The normalized spacial score (nSPS) is 16.7. The maximum Gasteiger partial charge on any atom is 0.256 e. The minimum Gasteiger partial charge on any atom is -0.394 e. The van der Waals surface area contributed by atoms with Gasteiger partial charge in [0, 0.05) is 30.9 Å². The molecule has 2 heterocycles. The number of aryl methyl sites for hydroxylation is 1. The molecule has 0 radical (unpaired) electrons. The quantitative estimate of drug-likeness (QED) is 0.908. The molecular weight excluding hydrogens is 340 g/mol. The second-order valence-electron chi connectivity index (χ2n) is 6.85. The summed E-state index contributed by atoms with van der Waals surface area (Å²) in [4.78, 5) is 18.6. The number of aliphatic hydroxyl groups is 1. The predicted molar refractivity (Wildman–Crippen MR) is 93.0 cm³/mol. The predicted octanol–water partition coefficient (Wildman–Crippen LogP) is 3.04. The van der Waals surface area contributed by atoms with Gasteiger partial charge in [0.15, 0.2) is 0 Å². The first-order valence-corrected chi connectivity index (χ1v) is 8.81. The van der Waals surface area contributed by atoms with Crippen molar-refractivity contribution in [3.05, 3.63) is 53.1 Å². The zero-order chi connectivity index (χ0) is 18.8. The van der Waals surface area contributed by atoms with Crippen LogP contribution in [0.5, 0.6) is 0 Å². The van der Waals surface area contributed by atoms with E-state index in [1.54, 1.807) is 11.1 Å². The van der Waals surface area contributed by atoms with Gasteiger partial charge in [-0.05, 0) is 44.9 Å². The summed E-state index contributed by atoms with van der Waals surface area (Å²) in [5, 5.41) is 9.48. The fourth-order valence-corrected chi connectivity index (χ4v) is 3.59. The van der Waals surface area contributed by atoms with Crippen LogP contribution in [0.2, 0.25) is 0 Å². The van der Waals surface area contributed by atoms with Crippen LogP contribution in [0, 0.1) is 18.6 Å². The third-order valence-corrected chi connectivity index (χ3v) is 5.02. The summed E-state index contributed by atoms with van der Waals surface area (Å²) in [7, 11) is 0. The maximum absolute atomic E-state index is 13.8. The molecular formula is C19H23F2N3O2. The number of aliphatic hydroxyl groups excluding tert-OH is 1. The lowest BCUT2D eigenvalue weighted by molar-refractivity contribution is 0.0704. The van der Waals surface area contributed by atoms with Gasteiger partial charge in [-0.25, -0.2) is 13.8 Å². The highest BCUT2D eigenvalue weighted by molar-refractivity contribution is 5.94. The van der Waals surface area contributed by atoms with Crippen LogP contribution in [0.15, 0.2) is 24.4 Å². The average Bonchev–Trinajstić information content (AvgIpc) is 3.04. The van der Waals surface area contributed by atoms with Crippen LogP contribution in [0.3, 0.4) is 0 Å². The number of nitrogens with zero attached hydrogens (tertiary/aromatic N) is 3. The van der Waals surface area contributed by atoms with Crippen molar-refractivity contribution in [2.75, 3.05) is 19.7 Å². The lowest BCUT2D eigenvalue weighted by Gasteiger charge is -2.32. The average molecular weight is 363 g/mol. The summed E-state index contributed by atoms with van der Waals surface area (Å²) in [6.45, 7) is 4.83. The molecule has 1 aromatic carbocycles. The third-order valence-electron chi connectivity index (χ3n) is 5.02. The smallest absolute Gasteiger partial charge is 0.256 e. The standard InChI is InChI=1S/C19H23F2N3O2/c1-12-10-22-18(24(12)13(2)11-25)14-5-7-23(8-6-14)19(26)16-9-15(20)3-4-17(16)21/h3-4,9-10,13-14,25H,5-8,11H2,1-2H3/t13-/m1/s1. The van der Waals surface area contributed by atoms with Gasteiger partial charge in [0.05, 0.1) is 18.2 Å². The molecule has 7 heteroatoms. The van der Waals surface area contributed by atoms with Gasteiger partial charge in [0.25, 0.3) is 5.91 Å².